The summed E-state index contributed by atoms with van der Waals surface area (Å²) < 4.78 is 0. The molecule has 5 aliphatic rings. The van der Waals surface area contributed by atoms with Crippen LogP contribution in [0, 0.1) is 36.0 Å². The quantitative estimate of drug-likeness (QED) is 0.748. The van der Waals surface area contributed by atoms with E-state index in [1.165, 1.54) is 25.7 Å². The number of rotatable bonds is 4. The zero-order valence-corrected chi connectivity index (χ0v) is 17.5. The molecule has 0 atom stereocenters. The van der Waals surface area contributed by atoms with Gasteiger partial charge in [-0.05, 0) is 87.7 Å². The Balaban J connectivity index is 1.25. The fourth-order valence-corrected chi connectivity index (χ4v) is 6.99. The first-order valence-electron chi connectivity index (χ1n) is 11.6. The first kappa shape index (κ1) is 19.1. The minimum atomic E-state index is -0.158. The van der Waals surface area contributed by atoms with Crippen LogP contribution in [0.4, 0.5) is 11.5 Å². The van der Waals surface area contributed by atoms with Crippen LogP contribution in [0.3, 0.4) is 0 Å². The van der Waals surface area contributed by atoms with Crippen molar-refractivity contribution in [1.29, 1.82) is 0 Å². The number of carbonyl (C=O) groups is 2. The van der Waals surface area contributed by atoms with Crippen molar-refractivity contribution in [3.8, 4) is 0 Å². The highest BCUT2D eigenvalue weighted by atomic mass is 16.2. The standard InChI is InChI=1S/C24H33N3O2/c1-15-7-21(27-22(28)19-5-3-2-4-6-19)25-14-20(15)26-23(29)24-11-16-8-17(12-24)10-18(9-16)13-24/h7,14,16-19H,2-6,8-13H2,1H3,(H,26,29)(H,25,27,28). The highest BCUT2D eigenvalue weighted by Crippen LogP contribution is 2.60. The van der Waals surface area contributed by atoms with Crippen molar-refractivity contribution in [3.05, 3.63) is 17.8 Å². The van der Waals surface area contributed by atoms with Gasteiger partial charge in [-0.25, -0.2) is 4.98 Å². The number of hydrogen-bond donors (Lipinski definition) is 2. The number of aryl methyl sites for hydroxylation is 1. The van der Waals surface area contributed by atoms with E-state index in [2.05, 4.69) is 15.6 Å². The third-order valence-corrected chi connectivity index (χ3v) is 8.11. The molecule has 6 rings (SSSR count). The van der Waals surface area contributed by atoms with Crippen LogP contribution in [0.1, 0.15) is 76.2 Å². The lowest BCUT2D eigenvalue weighted by atomic mass is 9.49. The molecule has 4 bridgehead atoms. The van der Waals surface area contributed by atoms with Crippen LogP contribution in [0.15, 0.2) is 12.3 Å². The van der Waals surface area contributed by atoms with Gasteiger partial charge in [0.15, 0.2) is 0 Å². The molecule has 5 heteroatoms. The third-order valence-electron chi connectivity index (χ3n) is 8.11. The highest BCUT2D eigenvalue weighted by Gasteiger charge is 2.54. The van der Waals surface area contributed by atoms with E-state index in [0.29, 0.717) is 5.82 Å². The predicted octanol–water partition coefficient (Wildman–Crippen LogP) is 5.06. The SMILES string of the molecule is Cc1cc(NC(=O)C2CCCCC2)ncc1NC(=O)C12CC3CC(CC(C3)C1)C2. The number of carbonyl (C=O) groups excluding carboxylic acids is 2. The number of pyridine rings is 1. The van der Waals surface area contributed by atoms with Crippen molar-refractivity contribution in [1.82, 2.24) is 4.98 Å². The molecule has 5 nitrogen and oxygen atoms in total. The molecular formula is C24H33N3O2. The van der Waals surface area contributed by atoms with E-state index in [0.717, 1.165) is 74.0 Å². The maximum Gasteiger partial charge on any atom is 0.230 e. The molecule has 1 aromatic heterocycles. The van der Waals surface area contributed by atoms with Gasteiger partial charge in [-0.15, -0.1) is 0 Å². The lowest BCUT2D eigenvalue weighted by Crippen LogP contribution is -2.51. The Morgan fingerprint density at radius 2 is 1.59 bits per heavy atom. The van der Waals surface area contributed by atoms with Gasteiger partial charge in [0.05, 0.1) is 17.3 Å². The van der Waals surface area contributed by atoms with Crippen LogP contribution in [0.5, 0.6) is 0 Å². The Labute approximate surface area is 173 Å². The first-order chi connectivity index (χ1) is 14.0. The Morgan fingerprint density at radius 3 is 2.17 bits per heavy atom. The molecule has 2 N–H and O–H groups in total. The van der Waals surface area contributed by atoms with Gasteiger partial charge in [0, 0.05) is 5.92 Å². The normalized spacial score (nSPS) is 33.5. The van der Waals surface area contributed by atoms with E-state index in [9.17, 15) is 9.59 Å². The second kappa shape index (κ2) is 7.41. The van der Waals surface area contributed by atoms with E-state index in [1.807, 2.05) is 13.0 Å². The monoisotopic (exact) mass is 395 g/mol. The summed E-state index contributed by atoms with van der Waals surface area (Å²) in [6, 6.07) is 1.88. The van der Waals surface area contributed by atoms with Crippen LogP contribution >= 0.6 is 0 Å². The molecule has 29 heavy (non-hydrogen) atoms. The third kappa shape index (κ3) is 3.69. The minimum Gasteiger partial charge on any atom is -0.324 e. The van der Waals surface area contributed by atoms with Crippen molar-refractivity contribution < 1.29 is 9.59 Å². The minimum absolute atomic E-state index is 0.0851. The van der Waals surface area contributed by atoms with E-state index in [4.69, 9.17) is 0 Å². The maximum atomic E-state index is 13.3. The van der Waals surface area contributed by atoms with Gasteiger partial charge in [-0.3, -0.25) is 9.59 Å². The van der Waals surface area contributed by atoms with Gasteiger partial charge >= 0.3 is 0 Å². The van der Waals surface area contributed by atoms with Crippen molar-refractivity contribution in [2.24, 2.45) is 29.1 Å². The first-order valence-corrected chi connectivity index (χ1v) is 11.6. The number of nitrogens with one attached hydrogen (secondary N) is 2. The number of amides is 2. The molecule has 1 aromatic rings. The average molecular weight is 396 g/mol. The molecule has 2 amide bonds. The van der Waals surface area contributed by atoms with Gasteiger partial charge in [0.1, 0.15) is 5.82 Å². The van der Waals surface area contributed by atoms with Crippen molar-refractivity contribution in [3.63, 3.8) is 0 Å². The molecular weight excluding hydrogens is 362 g/mol. The summed E-state index contributed by atoms with van der Waals surface area (Å²) in [5.74, 6) is 3.24. The van der Waals surface area contributed by atoms with Gasteiger partial charge in [-0.1, -0.05) is 19.3 Å². The zero-order chi connectivity index (χ0) is 20.0. The van der Waals surface area contributed by atoms with Crippen LogP contribution in [-0.2, 0) is 9.59 Å². The Kier molecular flexibility index (Phi) is 4.87. The molecule has 5 aliphatic carbocycles. The molecule has 0 spiro atoms. The summed E-state index contributed by atoms with van der Waals surface area (Å²) in [7, 11) is 0. The van der Waals surface area contributed by atoms with E-state index in [-0.39, 0.29) is 23.1 Å². The van der Waals surface area contributed by atoms with Gasteiger partial charge in [0.2, 0.25) is 11.8 Å². The Bertz CT molecular complexity index is 777. The summed E-state index contributed by atoms with van der Waals surface area (Å²) in [4.78, 5) is 30.2. The smallest absolute Gasteiger partial charge is 0.230 e. The van der Waals surface area contributed by atoms with Crippen LogP contribution < -0.4 is 10.6 Å². The molecule has 0 aliphatic heterocycles. The van der Waals surface area contributed by atoms with Crippen LogP contribution in [-0.4, -0.2) is 16.8 Å². The van der Waals surface area contributed by atoms with Gasteiger partial charge in [-0.2, -0.15) is 0 Å². The molecule has 1 heterocycles. The summed E-state index contributed by atoms with van der Waals surface area (Å²) in [5.41, 5.74) is 1.58. The number of nitrogens with zero attached hydrogens (tertiary/aromatic N) is 1. The number of aromatic nitrogens is 1. The second-order valence-electron chi connectivity index (χ2n) is 10.4. The topological polar surface area (TPSA) is 71.1 Å². The zero-order valence-electron chi connectivity index (χ0n) is 17.5. The van der Waals surface area contributed by atoms with Crippen molar-refractivity contribution in [2.75, 3.05) is 10.6 Å². The Morgan fingerprint density at radius 1 is 0.966 bits per heavy atom. The largest absolute Gasteiger partial charge is 0.324 e. The van der Waals surface area contributed by atoms with Crippen LogP contribution in [0.25, 0.3) is 0 Å². The van der Waals surface area contributed by atoms with Crippen LogP contribution in [0.2, 0.25) is 0 Å². The summed E-state index contributed by atoms with van der Waals surface area (Å²) >= 11 is 0. The molecule has 0 saturated heterocycles. The van der Waals surface area contributed by atoms with E-state index < -0.39 is 0 Å². The molecule has 5 fully saturated rings. The molecule has 0 unspecified atom stereocenters. The van der Waals surface area contributed by atoms with Gasteiger partial charge in [0.25, 0.3) is 0 Å². The molecule has 0 radical (unpaired) electrons. The molecule has 5 saturated carbocycles. The lowest BCUT2D eigenvalue weighted by Gasteiger charge is -2.55. The number of hydrogen-bond acceptors (Lipinski definition) is 3. The van der Waals surface area contributed by atoms with E-state index >= 15 is 0 Å². The second-order valence-corrected chi connectivity index (χ2v) is 10.4. The average Bonchev–Trinajstić information content (AvgIpc) is 2.69. The van der Waals surface area contributed by atoms with E-state index in [1.54, 1.807) is 6.20 Å². The molecule has 0 aromatic carbocycles. The van der Waals surface area contributed by atoms with Crippen molar-refractivity contribution in [2.45, 2.75) is 77.6 Å². The van der Waals surface area contributed by atoms with Gasteiger partial charge < -0.3 is 10.6 Å². The fraction of sp³-hybridized carbons (Fsp3) is 0.708. The highest BCUT2D eigenvalue weighted by molar-refractivity contribution is 5.96. The summed E-state index contributed by atoms with van der Waals surface area (Å²) in [6.45, 7) is 1.98. The number of anilines is 2. The maximum absolute atomic E-state index is 13.3. The summed E-state index contributed by atoms with van der Waals surface area (Å²) in [6.07, 6.45) is 14.4. The van der Waals surface area contributed by atoms with Crippen molar-refractivity contribution >= 4 is 23.3 Å². The molecule has 156 valence electrons. The fourth-order valence-electron chi connectivity index (χ4n) is 6.99. The summed E-state index contributed by atoms with van der Waals surface area (Å²) in [5, 5.41) is 6.18. The Hall–Kier alpha value is -1.91. The lowest BCUT2D eigenvalue weighted by molar-refractivity contribution is -0.140. The predicted molar refractivity (Wildman–Crippen MR) is 113 cm³/mol.